The molecule has 1 amide bonds. The maximum atomic E-state index is 14.2. The molecule has 1 fully saturated rings. The van der Waals surface area contributed by atoms with Crippen molar-refractivity contribution in [1.82, 2.24) is 9.88 Å². The smallest absolute Gasteiger partial charge is 0.255 e. The predicted octanol–water partition coefficient (Wildman–Crippen LogP) is 5.97. The maximum absolute atomic E-state index is 14.2. The molecule has 0 aliphatic carbocycles. The Morgan fingerprint density at radius 3 is 2.30 bits per heavy atom. The molecule has 6 heteroatoms. The van der Waals surface area contributed by atoms with Gasteiger partial charge < -0.3 is 9.80 Å². The molecule has 2 heterocycles. The number of carbonyl (C=O) groups is 1. The molecule has 3 aromatic carbocycles. The van der Waals surface area contributed by atoms with Gasteiger partial charge in [-0.15, -0.1) is 0 Å². The average Bonchev–Trinajstić information content (AvgIpc) is 2.84. The van der Waals surface area contributed by atoms with Crippen molar-refractivity contribution in [3.63, 3.8) is 0 Å². The highest BCUT2D eigenvalue weighted by molar-refractivity contribution is 6.30. The number of amides is 1. The van der Waals surface area contributed by atoms with Crippen LogP contribution in [0.3, 0.4) is 0 Å². The molecule has 1 saturated heterocycles. The molecule has 0 unspecified atom stereocenters. The van der Waals surface area contributed by atoms with E-state index in [1.165, 1.54) is 6.07 Å². The van der Waals surface area contributed by atoms with Crippen molar-refractivity contribution in [2.24, 2.45) is 0 Å². The van der Waals surface area contributed by atoms with E-state index in [0.717, 1.165) is 27.7 Å². The molecule has 4 aromatic rings. The van der Waals surface area contributed by atoms with Crippen LogP contribution in [0.15, 0.2) is 72.8 Å². The SMILES string of the molecule is Cc1c(-c2ccc(Cl)cc2)nc2ccccc2c1C(=O)N1CCN(c2ccccc2F)CC1. The Labute approximate surface area is 197 Å². The summed E-state index contributed by atoms with van der Waals surface area (Å²) in [5.74, 6) is -0.254. The number of aromatic nitrogens is 1. The molecule has 1 aromatic heterocycles. The van der Waals surface area contributed by atoms with Crippen LogP contribution in [-0.4, -0.2) is 42.0 Å². The molecular formula is C27H23ClFN3O. The summed E-state index contributed by atoms with van der Waals surface area (Å²) >= 11 is 6.07. The molecule has 4 nitrogen and oxygen atoms in total. The Morgan fingerprint density at radius 2 is 1.58 bits per heavy atom. The first-order valence-corrected chi connectivity index (χ1v) is 11.3. The van der Waals surface area contributed by atoms with Gasteiger partial charge in [-0.25, -0.2) is 9.37 Å². The molecule has 0 atom stereocenters. The van der Waals surface area contributed by atoms with Gasteiger partial charge in [0.1, 0.15) is 5.82 Å². The van der Waals surface area contributed by atoms with E-state index in [1.807, 2.05) is 71.3 Å². The third-order valence-corrected chi connectivity index (χ3v) is 6.48. The highest BCUT2D eigenvalue weighted by Gasteiger charge is 2.27. The summed E-state index contributed by atoms with van der Waals surface area (Å²) in [5.41, 5.74) is 4.57. The van der Waals surface area contributed by atoms with Crippen LogP contribution in [-0.2, 0) is 0 Å². The van der Waals surface area contributed by atoms with Gasteiger partial charge in [-0.1, -0.05) is 54.1 Å². The monoisotopic (exact) mass is 459 g/mol. The van der Waals surface area contributed by atoms with Crippen molar-refractivity contribution < 1.29 is 9.18 Å². The first-order chi connectivity index (χ1) is 16.0. The van der Waals surface area contributed by atoms with Crippen LogP contribution >= 0.6 is 11.6 Å². The lowest BCUT2D eigenvalue weighted by Crippen LogP contribution is -2.49. The van der Waals surface area contributed by atoms with E-state index < -0.39 is 0 Å². The standard InChI is InChI=1S/C27H23ClFN3O/c1-18-25(27(33)32-16-14-31(15-17-32)24-9-5-3-7-22(24)29)21-6-2-4-8-23(21)30-26(18)19-10-12-20(28)13-11-19/h2-13H,14-17H2,1H3. The number of piperazine rings is 1. The first kappa shape index (κ1) is 21.4. The molecule has 0 spiro atoms. The Balaban J connectivity index is 1.49. The minimum Gasteiger partial charge on any atom is -0.366 e. The number of hydrogen-bond donors (Lipinski definition) is 0. The zero-order valence-electron chi connectivity index (χ0n) is 18.3. The summed E-state index contributed by atoms with van der Waals surface area (Å²) in [6.45, 7) is 4.17. The Bertz CT molecular complexity index is 1330. The summed E-state index contributed by atoms with van der Waals surface area (Å²) < 4.78 is 14.2. The lowest BCUT2D eigenvalue weighted by molar-refractivity contribution is 0.0748. The lowest BCUT2D eigenvalue weighted by atomic mass is 9.96. The van der Waals surface area contributed by atoms with Crippen molar-refractivity contribution >= 4 is 34.1 Å². The van der Waals surface area contributed by atoms with Gasteiger partial charge in [0.15, 0.2) is 0 Å². The van der Waals surface area contributed by atoms with E-state index in [0.29, 0.717) is 42.5 Å². The summed E-state index contributed by atoms with van der Waals surface area (Å²) in [4.78, 5) is 22.5. The number of rotatable bonds is 3. The van der Waals surface area contributed by atoms with E-state index >= 15 is 0 Å². The van der Waals surface area contributed by atoms with Crippen LogP contribution in [0.1, 0.15) is 15.9 Å². The zero-order valence-corrected chi connectivity index (χ0v) is 19.0. The van der Waals surface area contributed by atoms with E-state index in [9.17, 15) is 9.18 Å². The highest BCUT2D eigenvalue weighted by atomic mass is 35.5. The van der Waals surface area contributed by atoms with Gasteiger partial charge >= 0.3 is 0 Å². The quantitative estimate of drug-likeness (QED) is 0.379. The second-order valence-electron chi connectivity index (χ2n) is 8.22. The number of anilines is 1. The van der Waals surface area contributed by atoms with E-state index in [2.05, 4.69) is 0 Å². The number of pyridine rings is 1. The minimum atomic E-state index is -0.235. The maximum Gasteiger partial charge on any atom is 0.255 e. The molecule has 166 valence electrons. The Hall–Kier alpha value is -3.44. The fourth-order valence-electron chi connectivity index (χ4n) is 4.49. The number of carbonyl (C=O) groups excluding carboxylic acids is 1. The molecule has 0 N–H and O–H groups in total. The number of para-hydroxylation sites is 2. The van der Waals surface area contributed by atoms with Gasteiger partial charge in [-0.05, 0) is 42.8 Å². The van der Waals surface area contributed by atoms with Gasteiger partial charge in [-0.2, -0.15) is 0 Å². The summed E-state index contributed by atoms with van der Waals surface area (Å²) in [5, 5.41) is 1.50. The number of fused-ring (bicyclic) bond motifs is 1. The van der Waals surface area contributed by atoms with E-state index in [-0.39, 0.29) is 11.7 Å². The van der Waals surface area contributed by atoms with Crippen molar-refractivity contribution in [3.8, 4) is 11.3 Å². The van der Waals surface area contributed by atoms with Crippen molar-refractivity contribution in [1.29, 1.82) is 0 Å². The highest BCUT2D eigenvalue weighted by Crippen LogP contribution is 2.31. The summed E-state index contributed by atoms with van der Waals surface area (Å²) in [6.07, 6.45) is 0. The van der Waals surface area contributed by atoms with E-state index in [1.54, 1.807) is 12.1 Å². The van der Waals surface area contributed by atoms with Crippen LogP contribution in [0.4, 0.5) is 10.1 Å². The number of halogens is 2. The largest absolute Gasteiger partial charge is 0.366 e. The first-order valence-electron chi connectivity index (χ1n) is 11.0. The second kappa shape index (κ2) is 8.83. The van der Waals surface area contributed by atoms with Crippen LogP contribution in [0.5, 0.6) is 0 Å². The molecule has 1 aliphatic heterocycles. The number of nitrogens with zero attached hydrogens (tertiary/aromatic N) is 3. The van der Waals surface area contributed by atoms with Crippen molar-refractivity contribution in [2.75, 3.05) is 31.1 Å². The molecule has 0 radical (unpaired) electrons. The summed E-state index contributed by atoms with van der Waals surface area (Å²) in [6, 6.07) is 22.0. The number of benzene rings is 3. The number of hydrogen-bond acceptors (Lipinski definition) is 3. The lowest BCUT2D eigenvalue weighted by Gasteiger charge is -2.36. The minimum absolute atomic E-state index is 0.0190. The third kappa shape index (κ3) is 4.05. The molecular weight excluding hydrogens is 437 g/mol. The van der Waals surface area contributed by atoms with Gasteiger partial charge in [0.05, 0.1) is 22.5 Å². The van der Waals surface area contributed by atoms with E-state index in [4.69, 9.17) is 16.6 Å². The fourth-order valence-corrected chi connectivity index (χ4v) is 4.61. The normalized spacial score (nSPS) is 14.0. The average molecular weight is 460 g/mol. The van der Waals surface area contributed by atoms with Crippen LogP contribution in [0.2, 0.25) is 5.02 Å². The Kier molecular flexibility index (Phi) is 5.73. The summed E-state index contributed by atoms with van der Waals surface area (Å²) in [7, 11) is 0. The van der Waals surface area contributed by atoms with Gasteiger partial charge in [0, 0.05) is 42.2 Å². The zero-order chi connectivity index (χ0) is 22.9. The van der Waals surface area contributed by atoms with Gasteiger partial charge in [0.2, 0.25) is 0 Å². The predicted molar refractivity (Wildman–Crippen MR) is 131 cm³/mol. The third-order valence-electron chi connectivity index (χ3n) is 6.23. The fraction of sp³-hybridized carbons (Fsp3) is 0.185. The van der Waals surface area contributed by atoms with Gasteiger partial charge in [0.25, 0.3) is 5.91 Å². The molecule has 5 rings (SSSR count). The second-order valence-corrected chi connectivity index (χ2v) is 8.65. The van der Waals surface area contributed by atoms with Gasteiger partial charge in [-0.3, -0.25) is 4.79 Å². The Morgan fingerprint density at radius 1 is 0.909 bits per heavy atom. The molecule has 33 heavy (non-hydrogen) atoms. The van der Waals surface area contributed by atoms with Crippen LogP contribution < -0.4 is 4.90 Å². The van der Waals surface area contributed by atoms with Crippen molar-refractivity contribution in [2.45, 2.75) is 6.92 Å². The van der Waals surface area contributed by atoms with Crippen molar-refractivity contribution in [3.05, 3.63) is 94.8 Å². The topological polar surface area (TPSA) is 36.4 Å². The van der Waals surface area contributed by atoms with Crippen LogP contribution in [0, 0.1) is 12.7 Å². The molecule has 0 saturated carbocycles. The van der Waals surface area contributed by atoms with Crippen LogP contribution in [0.25, 0.3) is 22.2 Å². The molecule has 0 bridgehead atoms. The molecule has 1 aliphatic rings.